The Balaban J connectivity index is 2.39. The zero-order valence-corrected chi connectivity index (χ0v) is 8.77. The highest BCUT2D eigenvalue weighted by Crippen LogP contribution is 2.31. The summed E-state index contributed by atoms with van der Waals surface area (Å²) in [5, 5.41) is 2.66. The first kappa shape index (κ1) is 8.54. The second-order valence-electron chi connectivity index (χ2n) is 4.00. The minimum absolute atomic E-state index is 1.01. The maximum Gasteiger partial charge on any atom is 0.0446 e. The third-order valence-electron chi connectivity index (χ3n) is 3.02. The molecule has 0 aliphatic carbocycles. The van der Waals surface area contributed by atoms with Crippen LogP contribution in [-0.2, 0) is 0 Å². The number of rotatable bonds is 0. The first-order chi connectivity index (χ1) is 7.36. The van der Waals surface area contributed by atoms with Gasteiger partial charge in [0.2, 0.25) is 0 Å². The molecule has 0 amide bonds. The van der Waals surface area contributed by atoms with Crippen molar-refractivity contribution in [2.75, 3.05) is 18.5 Å². The molecule has 0 fully saturated rings. The summed E-state index contributed by atoms with van der Waals surface area (Å²) >= 11 is 0. The Hall–Kier alpha value is -1.76. The predicted molar refractivity (Wildman–Crippen MR) is 66.3 cm³/mol. The highest BCUT2D eigenvalue weighted by atomic mass is 15.1. The Kier molecular flexibility index (Phi) is 1.78. The van der Waals surface area contributed by atoms with E-state index in [0.29, 0.717) is 0 Å². The Morgan fingerprint density at radius 1 is 1.07 bits per heavy atom. The van der Waals surface area contributed by atoms with E-state index in [-0.39, 0.29) is 0 Å². The van der Waals surface area contributed by atoms with Gasteiger partial charge in [-0.25, -0.2) is 0 Å². The van der Waals surface area contributed by atoms with Crippen molar-refractivity contribution in [2.45, 2.75) is 0 Å². The summed E-state index contributed by atoms with van der Waals surface area (Å²) in [6.07, 6.45) is 4.45. The van der Waals surface area contributed by atoms with Crippen molar-refractivity contribution < 1.29 is 0 Å². The van der Waals surface area contributed by atoms with Gasteiger partial charge >= 0.3 is 0 Å². The zero-order valence-electron chi connectivity index (χ0n) is 8.77. The molecule has 1 aliphatic rings. The zero-order chi connectivity index (χ0) is 10.3. The summed E-state index contributed by atoms with van der Waals surface area (Å²) in [6.45, 7) is 1.01. The molecule has 1 nitrogen and oxygen atoms in total. The minimum Gasteiger partial charge on any atom is -0.370 e. The fourth-order valence-electron chi connectivity index (χ4n) is 2.22. The van der Waals surface area contributed by atoms with Gasteiger partial charge in [-0.05, 0) is 16.8 Å². The molecule has 0 aromatic heterocycles. The van der Waals surface area contributed by atoms with Crippen molar-refractivity contribution in [3.05, 3.63) is 48.0 Å². The molecule has 0 radical (unpaired) electrons. The number of likely N-dealkylation sites (N-methyl/N-ethyl adjacent to an activating group) is 1. The fourth-order valence-corrected chi connectivity index (χ4v) is 2.22. The van der Waals surface area contributed by atoms with Crippen LogP contribution in [0.1, 0.15) is 5.56 Å². The van der Waals surface area contributed by atoms with Crippen molar-refractivity contribution >= 4 is 22.5 Å². The molecule has 2 aromatic rings. The van der Waals surface area contributed by atoms with Gasteiger partial charge in [-0.3, -0.25) is 0 Å². The van der Waals surface area contributed by atoms with E-state index in [0.717, 1.165) is 6.54 Å². The smallest absolute Gasteiger partial charge is 0.0446 e. The van der Waals surface area contributed by atoms with Crippen LogP contribution in [0, 0.1) is 0 Å². The quantitative estimate of drug-likeness (QED) is 0.623. The van der Waals surface area contributed by atoms with Crippen LogP contribution in [0.4, 0.5) is 5.69 Å². The maximum atomic E-state index is 2.28. The van der Waals surface area contributed by atoms with Gasteiger partial charge in [-0.2, -0.15) is 0 Å². The van der Waals surface area contributed by atoms with Crippen LogP contribution in [0.15, 0.2) is 42.5 Å². The van der Waals surface area contributed by atoms with E-state index in [4.69, 9.17) is 0 Å². The molecule has 0 spiro atoms. The topological polar surface area (TPSA) is 3.24 Å². The lowest BCUT2D eigenvalue weighted by Gasteiger charge is -2.24. The first-order valence-corrected chi connectivity index (χ1v) is 5.26. The standard InChI is InChI=1S/C14H13N/c1-15-10-4-7-13-12-6-3-2-5-11(12)8-9-14(13)15/h2-9H,10H2,1H3. The number of anilines is 1. The third kappa shape index (κ3) is 1.23. The second-order valence-corrected chi connectivity index (χ2v) is 4.00. The van der Waals surface area contributed by atoms with Crippen LogP contribution in [-0.4, -0.2) is 13.6 Å². The summed E-state index contributed by atoms with van der Waals surface area (Å²) in [7, 11) is 2.14. The molecule has 0 saturated heterocycles. The first-order valence-electron chi connectivity index (χ1n) is 5.26. The molecule has 0 saturated carbocycles. The van der Waals surface area contributed by atoms with Crippen LogP contribution in [0.3, 0.4) is 0 Å². The number of hydrogen-bond donors (Lipinski definition) is 0. The molecule has 0 atom stereocenters. The number of benzene rings is 2. The van der Waals surface area contributed by atoms with Crippen LogP contribution < -0.4 is 4.90 Å². The van der Waals surface area contributed by atoms with E-state index in [1.54, 1.807) is 0 Å². The summed E-state index contributed by atoms with van der Waals surface area (Å²) in [6, 6.07) is 13.0. The molecule has 0 bridgehead atoms. The average molecular weight is 195 g/mol. The Morgan fingerprint density at radius 2 is 1.93 bits per heavy atom. The molecule has 15 heavy (non-hydrogen) atoms. The van der Waals surface area contributed by atoms with E-state index >= 15 is 0 Å². The third-order valence-corrected chi connectivity index (χ3v) is 3.02. The average Bonchev–Trinajstić information content (AvgIpc) is 2.29. The Labute approximate surface area is 89.6 Å². The van der Waals surface area contributed by atoms with Crippen LogP contribution in [0.2, 0.25) is 0 Å². The van der Waals surface area contributed by atoms with Crippen molar-refractivity contribution in [3.8, 4) is 0 Å². The lowest BCUT2D eigenvalue weighted by molar-refractivity contribution is 1.02. The summed E-state index contributed by atoms with van der Waals surface area (Å²) < 4.78 is 0. The van der Waals surface area contributed by atoms with Gasteiger partial charge in [0.15, 0.2) is 0 Å². The minimum atomic E-state index is 1.01. The van der Waals surface area contributed by atoms with E-state index in [1.165, 1.54) is 22.0 Å². The molecule has 0 unspecified atom stereocenters. The molecular formula is C14H13N. The van der Waals surface area contributed by atoms with E-state index in [2.05, 4.69) is 60.5 Å². The van der Waals surface area contributed by atoms with E-state index in [1.807, 2.05) is 0 Å². The lowest BCUT2D eigenvalue weighted by atomic mass is 10.00. The summed E-state index contributed by atoms with van der Waals surface area (Å²) in [4.78, 5) is 2.28. The predicted octanol–water partition coefficient (Wildman–Crippen LogP) is 3.30. The largest absolute Gasteiger partial charge is 0.370 e. The Bertz CT molecular complexity index is 540. The fraction of sp³-hybridized carbons (Fsp3) is 0.143. The van der Waals surface area contributed by atoms with Gasteiger partial charge in [-0.1, -0.05) is 42.5 Å². The van der Waals surface area contributed by atoms with Gasteiger partial charge in [0.05, 0.1) is 0 Å². The van der Waals surface area contributed by atoms with Gasteiger partial charge in [0.1, 0.15) is 0 Å². The molecule has 74 valence electrons. The molecule has 1 aliphatic heterocycles. The maximum absolute atomic E-state index is 2.28. The van der Waals surface area contributed by atoms with Crippen molar-refractivity contribution in [1.29, 1.82) is 0 Å². The molecule has 0 N–H and O–H groups in total. The van der Waals surface area contributed by atoms with Gasteiger partial charge < -0.3 is 4.90 Å². The van der Waals surface area contributed by atoms with Crippen molar-refractivity contribution in [1.82, 2.24) is 0 Å². The summed E-state index contributed by atoms with van der Waals surface area (Å²) in [5.74, 6) is 0. The normalized spacial score (nSPS) is 14.3. The molecular weight excluding hydrogens is 182 g/mol. The lowest BCUT2D eigenvalue weighted by Crippen LogP contribution is -2.20. The number of hydrogen-bond acceptors (Lipinski definition) is 1. The van der Waals surface area contributed by atoms with E-state index in [9.17, 15) is 0 Å². The molecule has 1 heterocycles. The van der Waals surface area contributed by atoms with Crippen molar-refractivity contribution in [3.63, 3.8) is 0 Å². The van der Waals surface area contributed by atoms with Gasteiger partial charge in [-0.15, -0.1) is 0 Å². The molecule has 2 aromatic carbocycles. The number of fused-ring (bicyclic) bond motifs is 3. The van der Waals surface area contributed by atoms with E-state index < -0.39 is 0 Å². The van der Waals surface area contributed by atoms with Gasteiger partial charge in [0, 0.05) is 24.8 Å². The highest BCUT2D eigenvalue weighted by Gasteiger charge is 2.11. The van der Waals surface area contributed by atoms with Crippen LogP contribution >= 0.6 is 0 Å². The second kappa shape index (κ2) is 3.13. The van der Waals surface area contributed by atoms with Crippen LogP contribution in [0.25, 0.3) is 16.8 Å². The number of nitrogens with zero attached hydrogens (tertiary/aromatic N) is 1. The Morgan fingerprint density at radius 3 is 2.87 bits per heavy atom. The van der Waals surface area contributed by atoms with Crippen molar-refractivity contribution in [2.24, 2.45) is 0 Å². The molecule has 1 heteroatoms. The molecule has 3 rings (SSSR count). The summed E-state index contributed by atoms with van der Waals surface area (Å²) in [5.41, 5.74) is 2.68. The highest BCUT2D eigenvalue weighted by molar-refractivity contribution is 5.96. The van der Waals surface area contributed by atoms with Crippen LogP contribution in [0.5, 0.6) is 0 Å². The monoisotopic (exact) mass is 195 g/mol. The van der Waals surface area contributed by atoms with Gasteiger partial charge in [0.25, 0.3) is 0 Å². The SMILES string of the molecule is CN1CC=Cc2c1ccc1ccccc21.